The second kappa shape index (κ2) is 4.39. The van der Waals surface area contributed by atoms with Gasteiger partial charge in [0.15, 0.2) is 9.04 Å². The fourth-order valence-corrected chi connectivity index (χ4v) is 0. The van der Waals surface area contributed by atoms with E-state index < -0.39 is 9.04 Å². The van der Waals surface area contributed by atoms with Crippen molar-refractivity contribution in [1.29, 1.82) is 0 Å². The average molecular weight is 104 g/mol. The first-order valence-electron chi connectivity index (χ1n) is 1.41. The molecule has 5 heavy (non-hydrogen) atoms. The van der Waals surface area contributed by atoms with Gasteiger partial charge in [0.25, 0.3) is 0 Å². The lowest BCUT2D eigenvalue weighted by Gasteiger charge is -1.76. The molecule has 0 heterocycles. The minimum absolute atomic E-state index is 0. The quantitative estimate of drug-likeness (QED) is 0.414. The lowest BCUT2D eigenvalue weighted by molar-refractivity contribution is 0.587. The molecule has 0 unspecified atom stereocenters. The SMILES string of the molecule is C[SiH](C)O.[Si]. The van der Waals surface area contributed by atoms with Crippen molar-refractivity contribution in [2.24, 2.45) is 0 Å². The van der Waals surface area contributed by atoms with Gasteiger partial charge in [-0.25, -0.2) is 0 Å². The molecule has 0 aromatic rings. The predicted octanol–water partition coefficient (Wildman–Crippen LogP) is -0.419. The van der Waals surface area contributed by atoms with Gasteiger partial charge < -0.3 is 4.80 Å². The largest absolute Gasteiger partial charge is 0.435 e. The molecule has 0 saturated heterocycles. The van der Waals surface area contributed by atoms with Crippen LogP contribution in [0.15, 0.2) is 0 Å². The van der Waals surface area contributed by atoms with Gasteiger partial charge in [0, 0.05) is 11.0 Å². The van der Waals surface area contributed by atoms with Crippen LogP contribution in [0.5, 0.6) is 0 Å². The number of rotatable bonds is 0. The molecule has 1 N–H and O–H groups in total. The molecular formula is C2H8OSi2. The van der Waals surface area contributed by atoms with Crippen LogP contribution in [0.4, 0.5) is 0 Å². The number of hydrogen-bond donors (Lipinski definition) is 1. The van der Waals surface area contributed by atoms with Crippen molar-refractivity contribution in [2.45, 2.75) is 13.1 Å². The zero-order valence-corrected chi connectivity index (χ0v) is 5.68. The maximum atomic E-state index is 8.19. The van der Waals surface area contributed by atoms with Crippen molar-refractivity contribution >= 4 is 20.0 Å². The van der Waals surface area contributed by atoms with Gasteiger partial charge in [0.05, 0.1) is 0 Å². The molecule has 0 aromatic carbocycles. The average Bonchev–Trinajstić information content (AvgIpc) is 0.811. The van der Waals surface area contributed by atoms with Gasteiger partial charge in [0.2, 0.25) is 0 Å². The smallest absolute Gasteiger partial charge is 0.166 e. The highest BCUT2D eigenvalue weighted by atomic mass is 28.3. The van der Waals surface area contributed by atoms with Crippen molar-refractivity contribution in [1.82, 2.24) is 0 Å². The van der Waals surface area contributed by atoms with Crippen molar-refractivity contribution < 1.29 is 4.80 Å². The first kappa shape index (κ1) is 9.04. The van der Waals surface area contributed by atoms with Crippen LogP contribution in [-0.2, 0) is 0 Å². The van der Waals surface area contributed by atoms with E-state index in [1.807, 2.05) is 13.1 Å². The van der Waals surface area contributed by atoms with Crippen LogP contribution in [-0.4, -0.2) is 24.8 Å². The molecule has 4 radical (unpaired) electrons. The van der Waals surface area contributed by atoms with E-state index in [1.54, 1.807) is 0 Å². The van der Waals surface area contributed by atoms with Gasteiger partial charge in [0.1, 0.15) is 0 Å². The van der Waals surface area contributed by atoms with E-state index in [0.717, 1.165) is 0 Å². The summed E-state index contributed by atoms with van der Waals surface area (Å²) in [6, 6.07) is 0. The third kappa shape index (κ3) is 162. The minimum atomic E-state index is -1.14. The summed E-state index contributed by atoms with van der Waals surface area (Å²) in [5.74, 6) is 0. The van der Waals surface area contributed by atoms with Gasteiger partial charge in [-0.1, -0.05) is 0 Å². The van der Waals surface area contributed by atoms with Gasteiger partial charge in [-0.3, -0.25) is 0 Å². The standard InChI is InChI=1S/C2H8OSi.Si/c1-4(2)3;/h3-4H,1-2H3;. The van der Waals surface area contributed by atoms with E-state index in [4.69, 9.17) is 4.80 Å². The zero-order chi connectivity index (χ0) is 3.58. The van der Waals surface area contributed by atoms with E-state index >= 15 is 0 Å². The Morgan fingerprint density at radius 3 is 1.40 bits per heavy atom. The normalized spacial score (nSPS) is 7.20. The van der Waals surface area contributed by atoms with Crippen molar-refractivity contribution in [2.75, 3.05) is 0 Å². The first-order valence-corrected chi connectivity index (χ1v) is 4.24. The Bertz CT molecular complexity index is 12.4. The maximum absolute atomic E-state index is 8.19. The first-order chi connectivity index (χ1) is 1.73. The van der Waals surface area contributed by atoms with Crippen LogP contribution in [0.2, 0.25) is 13.1 Å². The lowest BCUT2D eigenvalue weighted by atomic mass is 11.9. The van der Waals surface area contributed by atoms with E-state index in [1.165, 1.54) is 0 Å². The monoisotopic (exact) mass is 104 g/mol. The maximum Gasteiger partial charge on any atom is 0.166 e. The van der Waals surface area contributed by atoms with Crippen molar-refractivity contribution in [3.63, 3.8) is 0 Å². The molecule has 3 heteroatoms. The van der Waals surface area contributed by atoms with Crippen molar-refractivity contribution in [3.05, 3.63) is 0 Å². The van der Waals surface area contributed by atoms with Gasteiger partial charge in [-0.05, 0) is 13.1 Å². The van der Waals surface area contributed by atoms with E-state index in [2.05, 4.69) is 0 Å². The molecule has 0 fully saturated rings. The van der Waals surface area contributed by atoms with Crippen LogP contribution < -0.4 is 0 Å². The van der Waals surface area contributed by atoms with E-state index in [9.17, 15) is 0 Å². The second-order valence-corrected chi connectivity index (χ2v) is 3.28. The summed E-state index contributed by atoms with van der Waals surface area (Å²) in [5, 5.41) is 0. The van der Waals surface area contributed by atoms with Crippen LogP contribution in [0.1, 0.15) is 0 Å². The second-order valence-electron chi connectivity index (χ2n) is 1.09. The highest BCUT2D eigenvalue weighted by Gasteiger charge is 1.74. The molecule has 0 aliphatic rings. The molecule has 0 aliphatic heterocycles. The molecule has 0 atom stereocenters. The molecule has 0 spiro atoms. The topological polar surface area (TPSA) is 20.2 Å². The summed E-state index contributed by atoms with van der Waals surface area (Å²) >= 11 is 0. The fourth-order valence-electron chi connectivity index (χ4n) is 0. The zero-order valence-electron chi connectivity index (χ0n) is 3.52. The summed E-state index contributed by atoms with van der Waals surface area (Å²) in [6.45, 7) is 3.72. The fraction of sp³-hybridized carbons (Fsp3) is 1.00. The summed E-state index contributed by atoms with van der Waals surface area (Å²) in [5.41, 5.74) is 0. The van der Waals surface area contributed by atoms with E-state index in [0.29, 0.717) is 0 Å². The van der Waals surface area contributed by atoms with E-state index in [-0.39, 0.29) is 11.0 Å². The van der Waals surface area contributed by atoms with Gasteiger partial charge >= 0.3 is 0 Å². The summed E-state index contributed by atoms with van der Waals surface area (Å²) in [7, 11) is -1.14. The molecule has 0 aliphatic carbocycles. The molecule has 30 valence electrons. The Morgan fingerprint density at radius 2 is 1.40 bits per heavy atom. The molecule has 1 nitrogen and oxygen atoms in total. The summed E-state index contributed by atoms with van der Waals surface area (Å²) < 4.78 is 0. The minimum Gasteiger partial charge on any atom is -0.435 e. The lowest BCUT2D eigenvalue weighted by Crippen LogP contribution is -1.93. The Hall–Kier alpha value is 0.394. The summed E-state index contributed by atoms with van der Waals surface area (Å²) in [4.78, 5) is 8.19. The molecule has 0 rings (SSSR count). The van der Waals surface area contributed by atoms with Crippen LogP contribution >= 0.6 is 0 Å². The van der Waals surface area contributed by atoms with Crippen molar-refractivity contribution in [3.8, 4) is 0 Å². The number of hydrogen-bond acceptors (Lipinski definition) is 1. The third-order valence-corrected chi connectivity index (χ3v) is 0. The predicted molar refractivity (Wildman–Crippen MR) is 26.8 cm³/mol. The van der Waals surface area contributed by atoms with Gasteiger partial charge in [-0.2, -0.15) is 0 Å². The molecule has 0 saturated carbocycles. The Labute approximate surface area is 38.8 Å². The van der Waals surface area contributed by atoms with Gasteiger partial charge in [-0.15, -0.1) is 0 Å². The highest BCUT2D eigenvalue weighted by molar-refractivity contribution is 6.46. The Balaban J connectivity index is 0. The summed E-state index contributed by atoms with van der Waals surface area (Å²) in [6.07, 6.45) is 0. The highest BCUT2D eigenvalue weighted by Crippen LogP contribution is 1.60. The molecular weight excluding hydrogens is 96.2 g/mol. The van der Waals surface area contributed by atoms with Crippen LogP contribution in [0.3, 0.4) is 0 Å². The molecule has 0 aromatic heterocycles. The molecule has 0 bridgehead atoms. The van der Waals surface area contributed by atoms with Crippen LogP contribution in [0.25, 0.3) is 0 Å². The third-order valence-electron chi connectivity index (χ3n) is 0. The Kier molecular flexibility index (Phi) is 7.94. The van der Waals surface area contributed by atoms with Crippen LogP contribution in [0, 0.1) is 0 Å². The Morgan fingerprint density at radius 1 is 1.40 bits per heavy atom. The molecule has 0 amide bonds.